The van der Waals surface area contributed by atoms with Crippen LogP contribution < -0.4 is 5.32 Å². The SMILES string of the molecule is CN1CCC2(CC1)C1=C(C=C3CCCOC32)NCC1. The van der Waals surface area contributed by atoms with Crippen molar-refractivity contribution in [2.75, 3.05) is 33.3 Å². The number of fused-ring (bicyclic) bond motifs is 3. The van der Waals surface area contributed by atoms with E-state index in [1.54, 1.807) is 11.1 Å². The van der Waals surface area contributed by atoms with Gasteiger partial charge in [-0.2, -0.15) is 0 Å². The van der Waals surface area contributed by atoms with E-state index in [9.17, 15) is 0 Å². The second-order valence-electron chi connectivity index (χ2n) is 6.60. The van der Waals surface area contributed by atoms with Gasteiger partial charge in [-0.25, -0.2) is 0 Å². The minimum Gasteiger partial charge on any atom is -0.385 e. The van der Waals surface area contributed by atoms with Crippen LogP contribution >= 0.6 is 0 Å². The summed E-state index contributed by atoms with van der Waals surface area (Å²) in [6, 6.07) is 0. The van der Waals surface area contributed by atoms with Crippen molar-refractivity contribution >= 4 is 0 Å². The van der Waals surface area contributed by atoms with Crippen molar-refractivity contribution in [3.63, 3.8) is 0 Å². The summed E-state index contributed by atoms with van der Waals surface area (Å²) in [5, 5.41) is 3.61. The second-order valence-corrected chi connectivity index (χ2v) is 6.60. The number of rotatable bonds is 0. The lowest BCUT2D eigenvalue weighted by Gasteiger charge is -2.50. The maximum atomic E-state index is 6.27. The van der Waals surface area contributed by atoms with Crippen molar-refractivity contribution in [2.45, 2.75) is 38.2 Å². The molecule has 104 valence electrons. The molecule has 1 aliphatic carbocycles. The fourth-order valence-corrected chi connectivity index (χ4v) is 4.52. The molecule has 1 spiro atoms. The Morgan fingerprint density at radius 3 is 3.00 bits per heavy atom. The lowest BCUT2D eigenvalue weighted by molar-refractivity contribution is -0.0466. The number of likely N-dealkylation sites (tertiary alicyclic amines) is 1. The van der Waals surface area contributed by atoms with Crippen LogP contribution in [0, 0.1) is 5.41 Å². The van der Waals surface area contributed by atoms with Gasteiger partial charge in [0.2, 0.25) is 0 Å². The van der Waals surface area contributed by atoms with Gasteiger partial charge in [0.1, 0.15) is 0 Å². The number of hydrogen-bond donors (Lipinski definition) is 1. The van der Waals surface area contributed by atoms with Crippen LogP contribution in [0.3, 0.4) is 0 Å². The fraction of sp³-hybridized carbons (Fsp3) is 0.750. The van der Waals surface area contributed by atoms with Crippen LogP contribution in [-0.2, 0) is 4.74 Å². The molecule has 0 amide bonds. The van der Waals surface area contributed by atoms with Gasteiger partial charge in [0, 0.05) is 24.3 Å². The summed E-state index contributed by atoms with van der Waals surface area (Å²) >= 11 is 0. The molecule has 1 unspecified atom stereocenters. The summed E-state index contributed by atoms with van der Waals surface area (Å²) in [5.74, 6) is 0. The molecule has 2 fully saturated rings. The van der Waals surface area contributed by atoms with E-state index in [0.29, 0.717) is 11.5 Å². The summed E-state index contributed by atoms with van der Waals surface area (Å²) in [4.78, 5) is 2.47. The summed E-state index contributed by atoms with van der Waals surface area (Å²) in [6.45, 7) is 4.50. The number of hydrogen-bond acceptors (Lipinski definition) is 3. The van der Waals surface area contributed by atoms with Gasteiger partial charge in [-0.05, 0) is 69.5 Å². The van der Waals surface area contributed by atoms with Crippen molar-refractivity contribution in [1.82, 2.24) is 10.2 Å². The first-order valence-electron chi connectivity index (χ1n) is 7.78. The van der Waals surface area contributed by atoms with Gasteiger partial charge in [-0.1, -0.05) is 0 Å². The van der Waals surface area contributed by atoms with Gasteiger partial charge in [0.15, 0.2) is 0 Å². The standard InChI is InChI=1S/C16H24N2O/c1-18-8-5-16(6-9-18)13-4-7-17-14(13)11-12-3-2-10-19-15(12)16/h11,15,17H,2-10H2,1H3. The molecule has 2 saturated heterocycles. The lowest BCUT2D eigenvalue weighted by Crippen LogP contribution is -2.50. The van der Waals surface area contributed by atoms with Crippen molar-refractivity contribution in [3.8, 4) is 0 Å². The number of nitrogens with zero attached hydrogens (tertiary/aromatic N) is 1. The van der Waals surface area contributed by atoms with E-state index in [4.69, 9.17) is 4.74 Å². The topological polar surface area (TPSA) is 24.5 Å². The van der Waals surface area contributed by atoms with Crippen LogP contribution in [0.1, 0.15) is 32.1 Å². The molecule has 0 aromatic rings. The van der Waals surface area contributed by atoms with Crippen molar-refractivity contribution < 1.29 is 4.74 Å². The van der Waals surface area contributed by atoms with Crippen molar-refractivity contribution in [1.29, 1.82) is 0 Å². The van der Waals surface area contributed by atoms with E-state index in [1.165, 1.54) is 50.9 Å². The summed E-state index contributed by atoms with van der Waals surface area (Å²) in [6.07, 6.45) is 8.99. The zero-order chi connectivity index (χ0) is 12.9. The Morgan fingerprint density at radius 1 is 1.32 bits per heavy atom. The third-order valence-electron chi connectivity index (χ3n) is 5.56. The molecule has 0 radical (unpaired) electrons. The highest BCUT2D eigenvalue weighted by Crippen LogP contribution is 2.53. The Labute approximate surface area is 115 Å². The molecule has 0 bridgehead atoms. The first kappa shape index (κ1) is 12.0. The Morgan fingerprint density at radius 2 is 2.16 bits per heavy atom. The molecule has 19 heavy (non-hydrogen) atoms. The van der Waals surface area contributed by atoms with Crippen LogP contribution in [0.25, 0.3) is 0 Å². The molecule has 3 aliphatic heterocycles. The molecule has 1 atom stereocenters. The van der Waals surface area contributed by atoms with Crippen LogP contribution in [-0.4, -0.2) is 44.3 Å². The molecule has 0 aromatic heterocycles. The fourth-order valence-electron chi connectivity index (χ4n) is 4.52. The van der Waals surface area contributed by atoms with Gasteiger partial charge in [-0.3, -0.25) is 0 Å². The highest BCUT2D eigenvalue weighted by Gasteiger charge is 2.50. The Kier molecular flexibility index (Phi) is 2.75. The summed E-state index contributed by atoms with van der Waals surface area (Å²) in [5.41, 5.74) is 5.00. The van der Waals surface area contributed by atoms with Gasteiger partial charge in [0.25, 0.3) is 0 Å². The lowest BCUT2D eigenvalue weighted by atomic mass is 9.62. The number of ether oxygens (including phenoxy) is 1. The quantitative estimate of drug-likeness (QED) is 0.721. The molecule has 0 saturated carbocycles. The van der Waals surface area contributed by atoms with Crippen LogP contribution in [0.5, 0.6) is 0 Å². The number of nitrogens with one attached hydrogen (secondary N) is 1. The molecule has 1 N–H and O–H groups in total. The molecule has 4 aliphatic rings. The zero-order valence-corrected chi connectivity index (χ0v) is 11.9. The normalized spacial score (nSPS) is 33.7. The highest BCUT2D eigenvalue weighted by atomic mass is 16.5. The van der Waals surface area contributed by atoms with Crippen molar-refractivity contribution in [3.05, 3.63) is 22.9 Å². The Bertz CT molecular complexity index is 444. The molecule has 3 heteroatoms. The maximum Gasteiger partial charge on any atom is 0.0883 e. The smallest absolute Gasteiger partial charge is 0.0883 e. The number of allylic oxidation sites excluding steroid dienone is 1. The third-order valence-corrected chi connectivity index (χ3v) is 5.56. The molecule has 3 heterocycles. The molecular formula is C16H24N2O. The Hall–Kier alpha value is -0.800. The van der Waals surface area contributed by atoms with Gasteiger partial charge in [0.05, 0.1) is 6.10 Å². The van der Waals surface area contributed by atoms with E-state index >= 15 is 0 Å². The van der Waals surface area contributed by atoms with E-state index in [0.717, 1.165) is 13.2 Å². The van der Waals surface area contributed by atoms with Crippen LogP contribution in [0.4, 0.5) is 0 Å². The van der Waals surface area contributed by atoms with E-state index < -0.39 is 0 Å². The van der Waals surface area contributed by atoms with Crippen LogP contribution in [0.2, 0.25) is 0 Å². The molecule has 4 rings (SSSR count). The summed E-state index contributed by atoms with van der Waals surface area (Å²) in [7, 11) is 2.25. The third kappa shape index (κ3) is 1.71. The minimum atomic E-state index is 0.315. The second kappa shape index (κ2) is 4.35. The predicted molar refractivity (Wildman–Crippen MR) is 75.9 cm³/mol. The van der Waals surface area contributed by atoms with E-state index in [1.807, 2.05) is 0 Å². The summed E-state index contributed by atoms with van der Waals surface area (Å²) < 4.78 is 6.27. The molecule has 0 aromatic carbocycles. The van der Waals surface area contributed by atoms with Gasteiger partial charge in [-0.15, -0.1) is 0 Å². The average Bonchev–Trinajstić information content (AvgIpc) is 2.91. The van der Waals surface area contributed by atoms with Gasteiger partial charge >= 0.3 is 0 Å². The van der Waals surface area contributed by atoms with Crippen molar-refractivity contribution in [2.24, 2.45) is 5.41 Å². The zero-order valence-electron chi connectivity index (χ0n) is 11.9. The van der Waals surface area contributed by atoms with Gasteiger partial charge < -0.3 is 15.0 Å². The maximum absolute atomic E-state index is 6.27. The van der Waals surface area contributed by atoms with Crippen LogP contribution in [0.15, 0.2) is 22.9 Å². The highest BCUT2D eigenvalue weighted by molar-refractivity contribution is 5.44. The monoisotopic (exact) mass is 260 g/mol. The minimum absolute atomic E-state index is 0.315. The first-order valence-corrected chi connectivity index (χ1v) is 7.78. The van der Waals surface area contributed by atoms with E-state index in [-0.39, 0.29) is 0 Å². The predicted octanol–water partition coefficient (Wildman–Crippen LogP) is 2.06. The largest absolute Gasteiger partial charge is 0.385 e. The molecule has 3 nitrogen and oxygen atoms in total. The average molecular weight is 260 g/mol. The van der Waals surface area contributed by atoms with E-state index in [2.05, 4.69) is 23.3 Å². The number of piperidine rings is 1. The Balaban J connectivity index is 1.76. The molecular weight excluding hydrogens is 236 g/mol. The first-order chi connectivity index (χ1) is 9.29.